The van der Waals surface area contributed by atoms with Crippen molar-refractivity contribution in [2.24, 2.45) is 5.41 Å². The third kappa shape index (κ3) is 3.56. The molecule has 2 aliphatic rings. The Kier molecular flexibility index (Phi) is 4.50. The van der Waals surface area contributed by atoms with Crippen molar-refractivity contribution in [3.05, 3.63) is 30.1 Å². The van der Waals surface area contributed by atoms with Crippen LogP contribution in [0, 0.1) is 5.41 Å². The Bertz CT molecular complexity index is 735. The monoisotopic (exact) mass is 340 g/mol. The van der Waals surface area contributed by atoms with E-state index in [1.165, 1.54) is 38.8 Å². The summed E-state index contributed by atoms with van der Waals surface area (Å²) in [6.45, 7) is 2.46. The second-order valence-electron chi connectivity index (χ2n) is 8.04. The Morgan fingerprint density at radius 1 is 1.32 bits per heavy atom. The van der Waals surface area contributed by atoms with E-state index in [0.717, 1.165) is 29.4 Å². The summed E-state index contributed by atoms with van der Waals surface area (Å²) in [4.78, 5) is 22.4. The summed E-state index contributed by atoms with van der Waals surface area (Å²) in [5.74, 6) is 0.133. The molecule has 1 aliphatic carbocycles. The number of H-pyrrole nitrogens is 1. The van der Waals surface area contributed by atoms with E-state index < -0.39 is 0 Å². The zero-order chi connectivity index (χ0) is 17.3. The Morgan fingerprint density at radius 2 is 2.08 bits per heavy atom. The third-order valence-electron chi connectivity index (χ3n) is 6.35. The van der Waals surface area contributed by atoms with E-state index in [1.807, 2.05) is 18.3 Å². The molecule has 1 aliphatic heterocycles. The minimum atomic E-state index is 0.133. The first kappa shape index (κ1) is 16.6. The van der Waals surface area contributed by atoms with Gasteiger partial charge in [-0.2, -0.15) is 0 Å². The lowest BCUT2D eigenvalue weighted by molar-refractivity contribution is -0.121. The molecule has 2 aromatic rings. The summed E-state index contributed by atoms with van der Waals surface area (Å²) in [6.07, 6.45) is 11.5. The first-order valence-corrected chi connectivity index (χ1v) is 9.52. The molecule has 2 aromatic heterocycles. The molecule has 4 rings (SSSR count). The van der Waals surface area contributed by atoms with Crippen LogP contribution in [0.2, 0.25) is 0 Å². The molecule has 1 spiro atoms. The predicted octanol–water partition coefficient (Wildman–Crippen LogP) is 2.88. The summed E-state index contributed by atoms with van der Waals surface area (Å²) in [5.41, 5.74) is 2.44. The van der Waals surface area contributed by atoms with Crippen LogP contribution in [0.25, 0.3) is 11.0 Å². The SMILES string of the molecule is CN1CCC2(CCC(NC(=O)Cc3c[nH]c4ncccc34)CC2)CC1. The smallest absolute Gasteiger partial charge is 0.224 e. The van der Waals surface area contributed by atoms with Crippen LogP contribution in [0.15, 0.2) is 24.5 Å². The standard InChI is InChI=1S/C20H28N4O/c1-24-11-8-20(9-12-24)6-4-16(5-7-20)23-18(25)13-15-14-22-19-17(15)3-2-10-21-19/h2-3,10,14,16H,4-9,11-13H2,1H3,(H,21,22)(H,23,25). The van der Waals surface area contributed by atoms with E-state index in [2.05, 4.69) is 27.2 Å². The highest BCUT2D eigenvalue weighted by Gasteiger charge is 2.37. The van der Waals surface area contributed by atoms with Gasteiger partial charge < -0.3 is 15.2 Å². The summed E-state index contributed by atoms with van der Waals surface area (Å²) in [7, 11) is 2.22. The number of nitrogens with one attached hydrogen (secondary N) is 2. The molecule has 2 fully saturated rings. The number of aromatic amines is 1. The number of hydrogen-bond acceptors (Lipinski definition) is 3. The summed E-state index contributed by atoms with van der Waals surface area (Å²) >= 11 is 0. The van der Waals surface area contributed by atoms with Crippen LogP contribution in [0.5, 0.6) is 0 Å². The van der Waals surface area contributed by atoms with Gasteiger partial charge in [-0.15, -0.1) is 0 Å². The van der Waals surface area contributed by atoms with E-state index in [0.29, 0.717) is 17.9 Å². The van der Waals surface area contributed by atoms with Gasteiger partial charge in [0.25, 0.3) is 0 Å². The number of hydrogen-bond donors (Lipinski definition) is 2. The number of carbonyl (C=O) groups excluding carboxylic acids is 1. The average Bonchev–Trinajstić information content (AvgIpc) is 3.03. The largest absolute Gasteiger partial charge is 0.353 e. The molecule has 1 saturated carbocycles. The molecule has 5 heteroatoms. The molecule has 5 nitrogen and oxygen atoms in total. The predicted molar refractivity (Wildman–Crippen MR) is 99.4 cm³/mol. The van der Waals surface area contributed by atoms with E-state index in [-0.39, 0.29) is 5.91 Å². The zero-order valence-electron chi connectivity index (χ0n) is 15.1. The molecule has 0 unspecified atom stereocenters. The number of likely N-dealkylation sites (tertiary alicyclic amines) is 1. The Labute approximate surface area is 149 Å². The molecular weight excluding hydrogens is 312 g/mol. The maximum Gasteiger partial charge on any atom is 0.224 e. The molecule has 1 saturated heterocycles. The van der Waals surface area contributed by atoms with Crippen LogP contribution in [-0.4, -0.2) is 47.0 Å². The summed E-state index contributed by atoms with van der Waals surface area (Å²) in [5, 5.41) is 4.32. The third-order valence-corrected chi connectivity index (χ3v) is 6.35. The first-order chi connectivity index (χ1) is 12.1. The summed E-state index contributed by atoms with van der Waals surface area (Å²) in [6, 6.07) is 4.28. The molecular formula is C20H28N4O. The van der Waals surface area contributed by atoms with Gasteiger partial charge in [0.1, 0.15) is 5.65 Å². The number of nitrogens with zero attached hydrogens (tertiary/aromatic N) is 2. The first-order valence-electron chi connectivity index (χ1n) is 9.52. The topological polar surface area (TPSA) is 61.0 Å². The van der Waals surface area contributed by atoms with Crippen molar-refractivity contribution >= 4 is 16.9 Å². The van der Waals surface area contributed by atoms with E-state index in [4.69, 9.17) is 0 Å². The van der Waals surface area contributed by atoms with Gasteiger partial charge in [0.2, 0.25) is 5.91 Å². The normalized spacial score (nSPS) is 21.6. The van der Waals surface area contributed by atoms with Crippen LogP contribution in [0.4, 0.5) is 0 Å². The number of piperidine rings is 1. The van der Waals surface area contributed by atoms with E-state index in [1.54, 1.807) is 6.20 Å². The molecule has 1 amide bonds. The highest BCUT2D eigenvalue weighted by molar-refractivity contribution is 5.87. The second kappa shape index (κ2) is 6.79. The molecule has 3 heterocycles. The van der Waals surface area contributed by atoms with Gasteiger partial charge in [0.05, 0.1) is 6.42 Å². The van der Waals surface area contributed by atoms with Gasteiger partial charge >= 0.3 is 0 Å². The minimum absolute atomic E-state index is 0.133. The fourth-order valence-electron chi connectivity index (χ4n) is 4.58. The number of aromatic nitrogens is 2. The number of fused-ring (bicyclic) bond motifs is 1. The Hall–Kier alpha value is -1.88. The molecule has 0 aromatic carbocycles. The van der Waals surface area contributed by atoms with Crippen molar-refractivity contribution in [2.75, 3.05) is 20.1 Å². The Morgan fingerprint density at radius 3 is 2.84 bits per heavy atom. The number of carbonyl (C=O) groups is 1. The maximum absolute atomic E-state index is 12.5. The van der Waals surface area contributed by atoms with E-state index in [9.17, 15) is 4.79 Å². The highest BCUT2D eigenvalue weighted by atomic mass is 16.1. The highest BCUT2D eigenvalue weighted by Crippen LogP contribution is 2.44. The quantitative estimate of drug-likeness (QED) is 0.903. The average molecular weight is 340 g/mol. The second-order valence-corrected chi connectivity index (χ2v) is 8.04. The van der Waals surface area contributed by atoms with Crippen LogP contribution in [-0.2, 0) is 11.2 Å². The lowest BCUT2D eigenvalue weighted by Crippen LogP contribution is -2.45. The molecule has 2 N–H and O–H groups in total. The fraction of sp³-hybridized carbons (Fsp3) is 0.600. The lowest BCUT2D eigenvalue weighted by atomic mass is 9.67. The van der Waals surface area contributed by atoms with Crippen molar-refractivity contribution in [1.29, 1.82) is 0 Å². The molecule has 0 bridgehead atoms. The van der Waals surface area contributed by atoms with Gasteiger partial charge in [0.15, 0.2) is 0 Å². The number of rotatable bonds is 3. The van der Waals surface area contributed by atoms with Crippen molar-refractivity contribution < 1.29 is 4.79 Å². The van der Waals surface area contributed by atoms with Crippen LogP contribution >= 0.6 is 0 Å². The maximum atomic E-state index is 12.5. The molecule has 0 atom stereocenters. The van der Waals surface area contributed by atoms with Gasteiger partial charge in [-0.25, -0.2) is 4.98 Å². The van der Waals surface area contributed by atoms with Crippen LogP contribution < -0.4 is 5.32 Å². The lowest BCUT2D eigenvalue weighted by Gasteiger charge is -2.45. The van der Waals surface area contributed by atoms with Crippen molar-refractivity contribution in [3.63, 3.8) is 0 Å². The van der Waals surface area contributed by atoms with E-state index >= 15 is 0 Å². The summed E-state index contributed by atoms with van der Waals surface area (Å²) < 4.78 is 0. The number of amides is 1. The van der Waals surface area contributed by atoms with Gasteiger partial charge in [-0.3, -0.25) is 4.79 Å². The molecule has 25 heavy (non-hydrogen) atoms. The fourth-order valence-corrected chi connectivity index (χ4v) is 4.58. The van der Waals surface area contributed by atoms with Gasteiger partial charge in [-0.1, -0.05) is 0 Å². The number of pyridine rings is 1. The molecule has 134 valence electrons. The Balaban J connectivity index is 1.30. The molecule has 0 radical (unpaired) electrons. The van der Waals surface area contributed by atoms with Crippen molar-refractivity contribution in [2.45, 2.75) is 51.0 Å². The van der Waals surface area contributed by atoms with Crippen LogP contribution in [0.1, 0.15) is 44.1 Å². The van der Waals surface area contributed by atoms with Crippen LogP contribution in [0.3, 0.4) is 0 Å². The van der Waals surface area contributed by atoms with Crippen molar-refractivity contribution in [3.8, 4) is 0 Å². The van der Waals surface area contributed by atoms with Gasteiger partial charge in [-0.05, 0) is 81.8 Å². The van der Waals surface area contributed by atoms with Crippen molar-refractivity contribution in [1.82, 2.24) is 20.2 Å². The minimum Gasteiger partial charge on any atom is -0.353 e. The zero-order valence-corrected chi connectivity index (χ0v) is 15.1. The van der Waals surface area contributed by atoms with Gasteiger partial charge in [0, 0.05) is 23.8 Å².